The van der Waals surface area contributed by atoms with Crippen molar-refractivity contribution in [3.8, 4) is 0 Å². The lowest BCUT2D eigenvalue weighted by atomic mass is 9.99. The fraction of sp³-hybridized carbons (Fsp3) is 0.684. The highest BCUT2D eigenvalue weighted by molar-refractivity contribution is 5.94. The molecule has 0 saturated heterocycles. The summed E-state index contributed by atoms with van der Waals surface area (Å²) in [5.41, 5.74) is 16.3. The first-order valence-corrected chi connectivity index (χ1v) is 10.6. The number of nitrogens with one attached hydrogen (secondary N) is 3. The Bertz CT molecular complexity index is 757. The van der Waals surface area contributed by atoms with E-state index in [4.69, 9.17) is 27.4 Å². The smallest absolute Gasteiger partial charge is 0.326 e. The fourth-order valence-electron chi connectivity index (χ4n) is 2.67. The quantitative estimate of drug-likeness (QED) is 0.0580. The topological polar surface area (TPSA) is 273 Å². The first kappa shape index (κ1) is 30.5. The number of carboxylic acid groups (broad SMARTS) is 2. The molecular weight excluding hydrogens is 454 g/mol. The zero-order valence-corrected chi connectivity index (χ0v) is 19.2. The molecule has 5 unspecified atom stereocenters. The number of amides is 3. The van der Waals surface area contributed by atoms with Crippen molar-refractivity contribution in [1.82, 2.24) is 16.0 Å². The minimum Gasteiger partial charge on any atom is -0.481 e. The van der Waals surface area contributed by atoms with E-state index in [1.54, 1.807) is 6.92 Å². The van der Waals surface area contributed by atoms with Crippen molar-refractivity contribution < 1.29 is 39.3 Å². The summed E-state index contributed by atoms with van der Waals surface area (Å²) < 4.78 is 0. The molecule has 15 nitrogen and oxygen atoms in total. The number of carbonyl (C=O) groups is 5. The van der Waals surface area contributed by atoms with Crippen molar-refractivity contribution in [2.45, 2.75) is 63.7 Å². The molecule has 12 N–H and O–H groups in total. The van der Waals surface area contributed by atoms with Gasteiger partial charge in [-0.05, 0) is 18.8 Å². The summed E-state index contributed by atoms with van der Waals surface area (Å²) in [5.74, 6) is -6.02. The average molecular weight is 490 g/mol. The van der Waals surface area contributed by atoms with Crippen LogP contribution in [0, 0.1) is 5.92 Å². The lowest BCUT2D eigenvalue weighted by Crippen LogP contribution is -2.58. The van der Waals surface area contributed by atoms with E-state index in [-0.39, 0.29) is 31.3 Å². The molecule has 0 aromatic heterocycles. The van der Waals surface area contributed by atoms with E-state index in [9.17, 15) is 29.1 Å². The molecule has 0 rings (SSSR count). The monoisotopic (exact) mass is 489 g/mol. The lowest BCUT2D eigenvalue weighted by Gasteiger charge is -2.25. The van der Waals surface area contributed by atoms with Crippen LogP contribution in [-0.4, -0.2) is 88.3 Å². The van der Waals surface area contributed by atoms with Gasteiger partial charge in [-0.1, -0.05) is 20.3 Å². The maximum atomic E-state index is 12.6. The van der Waals surface area contributed by atoms with Crippen molar-refractivity contribution in [2.24, 2.45) is 28.1 Å². The molecule has 0 saturated carbocycles. The van der Waals surface area contributed by atoms with Crippen LogP contribution in [0.3, 0.4) is 0 Å². The third-order valence-electron chi connectivity index (χ3n) is 4.95. The summed E-state index contributed by atoms with van der Waals surface area (Å²) in [6.07, 6.45) is -0.170. The van der Waals surface area contributed by atoms with Crippen molar-refractivity contribution in [1.29, 1.82) is 0 Å². The molecule has 0 aliphatic carbocycles. The SMILES string of the molecule is CCC(C)C(N)C(=O)NC(CO)C(=O)NC(CCCN=C(N)N)C(=O)NC(CC(=O)O)C(=O)O. The Balaban J connectivity index is 5.46. The van der Waals surface area contributed by atoms with Crippen molar-refractivity contribution >= 4 is 35.6 Å². The Morgan fingerprint density at radius 2 is 1.44 bits per heavy atom. The molecule has 0 bridgehead atoms. The van der Waals surface area contributed by atoms with Gasteiger partial charge in [-0.25, -0.2) is 4.79 Å². The lowest BCUT2D eigenvalue weighted by molar-refractivity contribution is -0.147. The minimum absolute atomic E-state index is 0.0633. The number of aliphatic carboxylic acids is 2. The van der Waals surface area contributed by atoms with E-state index in [1.807, 2.05) is 6.92 Å². The number of hydrogen-bond donors (Lipinski definition) is 9. The first-order valence-electron chi connectivity index (χ1n) is 10.6. The van der Waals surface area contributed by atoms with Gasteiger partial charge in [0.1, 0.15) is 18.1 Å². The largest absolute Gasteiger partial charge is 0.481 e. The number of carbonyl (C=O) groups excluding carboxylic acids is 3. The van der Waals surface area contributed by atoms with Gasteiger partial charge in [0.2, 0.25) is 17.7 Å². The number of nitrogens with two attached hydrogens (primary N) is 3. The number of nitrogens with zero attached hydrogens (tertiary/aromatic N) is 1. The minimum atomic E-state index is -1.75. The number of rotatable bonds is 16. The maximum Gasteiger partial charge on any atom is 0.326 e. The van der Waals surface area contributed by atoms with Gasteiger partial charge < -0.3 is 48.5 Å². The van der Waals surface area contributed by atoms with Gasteiger partial charge >= 0.3 is 11.9 Å². The standard InChI is InChI=1S/C19H35N7O8/c1-3-9(2)14(20)17(32)26-12(8-27)16(31)24-10(5-4-6-23-19(21)22)15(30)25-11(18(33)34)7-13(28)29/h9-12,14,27H,3-8,20H2,1-2H3,(H,24,31)(H,25,30)(H,26,32)(H,28,29)(H,33,34)(H4,21,22,23). The normalized spacial score (nSPS) is 15.1. The Morgan fingerprint density at radius 1 is 0.912 bits per heavy atom. The second-order valence-electron chi connectivity index (χ2n) is 7.66. The molecule has 5 atom stereocenters. The van der Waals surface area contributed by atoms with Crippen molar-refractivity contribution in [3.05, 3.63) is 0 Å². The van der Waals surface area contributed by atoms with E-state index in [0.29, 0.717) is 6.42 Å². The molecule has 0 aliphatic heterocycles. The molecule has 0 spiro atoms. The number of aliphatic hydroxyl groups is 1. The van der Waals surface area contributed by atoms with Gasteiger partial charge in [0.15, 0.2) is 5.96 Å². The van der Waals surface area contributed by atoms with E-state index < -0.39 is 66.9 Å². The third kappa shape index (κ3) is 11.4. The van der Waals surface area contributed by atoms with Crippen LogP contribution in [0.2, 0.25) is 0 Å². The predicted molar refractivity (Wildman–Crippen MR) is 120 cm³/mol. The predicted octanol–water partition coefficient (Wildman–Crippen LogP) is -3.58. The number of hydrogen-bond acceptors (Lipinski definition) is 8. The van der Waals surface area contributed by atoms with Gasteiger partial charge in [-0.3, -0.25) is 24.2 Å². The molecule has 0 heterocycles. The number of aliphatic hydroxyl groups excluding tert-OH is 1. The maximum absolute atomic E-state index is 12.6. The van der Waals surface area contributed by atoms with Crippen LogP contribution in [0.5, 0.6) is 0 Å². The van der Waals surface area contributed by atoms with Gasteiger partial charge in [0.05, 0.1) is 19.1 Å². The summed E-state index contributed by atoms with van der Waals surface area (Å²) >= 11 is 0. The Kier molecular flexibility index (Phi) is 13.8. The molecule has 3 amide bonds. The summed E-state index contributed by atoms with van der Waals surface area (Å²) in [7, 11) is 0. The Labute approximate surface area is 196 Å². The molecule has 0 aliphatic rings. The highest BCUT2D eigenvalue weighted by Gasteiger charge is 2.31. The molecule has 0 aromatic carbocycles. The van der Waals surface area contributed by atoms with Crippen LogP contribution in [0.15, 0.2) is 4.99 Å². The van der Waals surface area contributed by atoms with Crippen LogP contribution in [0.4, 0.5) is 0 Å². The van der Waals surface area contributed by atoms with Crippen molar-refractivity contribution in [3.63, 3.8) is 0 Å². The van der Waals surface area contributed by atoms with Crippen molar-refractivity contribution in [2.75, 3.05) is 13.2 Å². The summed E-state index contributed by atoms with van der Waals surface area (Å²) in [5, 5.41) is 34.2. The second kappa shape index (κ2) is 15.4. The summed E-state index contributed by atoms with van der Waals surface area (Å²) in [4.78, 5) is 63.4. The molecule has 0 aromatic rings. The molecular formula is C19H35N7O8. The van der Waals surface area contributed by atoms with E-state index in [2.05, 4.69) is 20.9 Å². The zero-order valence-electron chi connectivity index (χ0n) is 19.2. The van der Waals surface area contributed by atoms with Crippen LogP contribution in [0.25, 0.3) is 0 Å². The average Bonchev–Trinajstić information content (AvgIpc) is 2.76. The molecule has 15 heteroatoms. The van der Waals surface area contributed by atoms with E-state index >= 15 is 0 Å². The van der Waals surface area contributed by atoms with Gasteiger partial charge in [-0.2, -0.15) is 0 Å². The summed E-state index contributed by atoms with van der Waals surface area (Å²) in [6.45, 7) is 2.85. The van der Waals surface area contributed by atoms with Crippen LogP contribution < -0.4 is 33.2 Å². The number of carboxylic acids is 2. The first-order chi connectivity index (χ1) is 15.8. The molecule has 0 fully saturated rings. The van der Waals surface area contributed by atoms with Gasteiger partial charge in [-0.15, -0.1) is 0 Å². The molecule has 0 radical (unpaired) electrons. The van der Waals surface area contributed by atoms with Crippen LogP contribution in [0.1, 0.15) is 39.5 Å². The van der Waals surface area contributed by atoms with Gasteiger partial charge in [0.25, 0.3) is 0 Å². The Morgan fingerprint density at radius 3 is 1.91 bits per heavy atom. The third-order valence-corrected chi connectivity index (χ3v) is 4.95. The van der Waals surface area contributed by atoms with Crippen LogP contribution in [-0.2, 0) is 24.0 Å². The fourth-order valence-corrected chi connectivity index (χ4v) is 2.67. The van der Waals surface area contributed by atoms with Gasteiger partial charge in [0, 0.05) is 6.54 Å². The highest BCUT2D eigenvalue weighted by atomic mass is 16.4. The van der Waals surface area contributed by atoms with E-state index in [1.165, 1.54) is 0 Å². The molecule has 194 valence electrons. The molecule has 34 heavy (non-hydrogen) atoms. The Hall–Kier alpha value is -3.46. The summed E-state index contributed by atoms with van der Waals surface area (Å²) in [6, 6.07) is -5.46. The highest BCUT2D eigenvalue weighted by Crippen LogP contribution is 2.06. The zero-order chi connectivity index (χ0) is 26.4. The van der Waals surface area contributed by atoms with E-state index in [0.717, 1.165) is 0 Å². The van der Waals surface area contributed by atoms with Crippen LogP contribution >= 0.6 is 0 Å². The number of guanidine groups is 1. The second-order valence-corrected chi connectivity index (χ2v) is 7.66. The number of aliphatic imine (C=N–C) groups is 1.